The zero-order valence-electron chi connectivity index (χ0n) is 21.5. The van der Waals surface area contributed by atoms with Crippen LogP contribution in [0.25, 0.3) is 0 Å². The van der Waals surface area contributed by atoms with Crippen LogP contribution in [0.1, 0.15) is 64.5 Å². The van der Waals surface area contributed by atoms with Crippen molar-refractivity contribution in [3.63, 3.8) is 0 Å². The van der Waals surface area contributed by atoms with E-state index in [1.54, 1.807) is 11.0 Å². The van der Waals surface area contributed by atoms with E-state index < -0.39 is 22.8 Å². The van der Waals surface area contributed by atoms with Crippen LogP contribution in [-0.2, 0) is 15.0 Å². The molecule has 0 saturated carbocycles. The summed E-state index contributed by atoms with van der Waals surface area (Å²) in [5, 5.41) is 0. The molecule has 0 aliphatic carbocycles. The van der Waals surface area contributed by atoms with Crippen molar-refractivity contribution in [3.8, 4) is 5.75 Å². The van der Waals surface area contributed by atoms with Crippen molar-refractivity contribution in [2.45, 2.75) is 64.3 Å². The van der Waals surface area contributed by atoms with Crippen molar-refractivity contribution in [1.29, 1.82) is 0 Å². The van der Waals surface area contributed by atoms with E-state index in [-0.39, 0.29) is 5.91 Å². The number of ether oxygens (including phenoxy) is 1. The number of likely N-dealkylation sites (tertiary alicyclic amines) is 1. The Morgan fingerprint density at radius 2 is 1.71 bits per heavy atom. The largest absolute Gasteiger partial charge is 0.492 e. The Hall–Kier alpha value is -2.86. The lowest BCUT2D eigenvalue weighted by molar-refractivity contribution is -0.127. The molecule has 1 saturated heterocycles. The molecule has 0 bridgehead atoms. The molecule has 2 unspecified atom stereocenters. The fraction of sp³-hybridized carbons (Fsp3) is 0.517. The Labute approximate surface area is 209 Å². The molecule has 2 amide bonds. The van der Waals surface area contributed by atoms with Crippen molar-refractivity contribution in [3.05, 3.63) is 59.7 Å². The molecule has 6 heteroatoms. The van der Waals surface area contributed by atoms with Crippen molar-refractivity contribution < 1.29 is 14.3 Å². The Morgan fingerprint density at radius 3 is 2.31 bits per heavy atom. The number of anilines is 1. The maximum absolute atomic E-state index is 13.0. The van der Waals surface area contributed by atoms with Gasteiger partial charge in [0.1, 0.15) is 12.4 Å². The highest BCUT2D eigenvalue weighted by molar-refractivity contribution is 5.98. The molecule has 2 aromatic carbocycles. The summed E-state index contributed by atoms with van der Waals surface area (Å²) in [6.07, 6.45) is 5.19. The second-order valence-electron chi connectivity index (χ2n) is 10.6. The summed E-state index contributed by atoms with van der Waals surface area (Å²) in [6, 6.07) is 16.7. The third kappa shape index (κ3) is 4.68. The first kappa shape index (κ1) is 25.2. The van der Waals surface area contributed by atoms with Gasteiger partial charge in [0.15, 0.2) is 0 Å². The molecule has 6 nitrogen and oxygen atoms in total. The molecule has 187 valence electrons. The van der Waals surface area contributed by atoms with E-state index in [1.807, 2.05) is 57.2 Å². The van der Waals surface area contributed by atoms with Crippen LogP contribution in [-0.4, -0.2) is 48.5 Å². The summed E-state index contributed by atoms with van der Waals surface area (Å²) in [5.74, 6) is -0.389. The molecule has 2 aromatic rings. The molecule has 4 rings (SSSR count). The van der Waals surface area contributed by atoms with E-state index in [2.05, 4.69) is 11.0 Å². The molecule has 2 atom stereocenters. The Kier molecular flexibility index (Phi) is 7.22. The molecule has 35 heavy (non-hydrogen) atoms. The van der Waals surface area contributed by atoms with E-state index in [0.717, 1.165) is 42.2 Å². The Bertz CT molecular complexity index is 1060. The lowest BCUT2D eigenvalue weighted by atomic mass is 9.57. The number of hydrogen-bond donors (Lipinski definition) is 1. The van der Waals surface area contributed by atoms with Crippen LogP contribution in [0.5, 0.6) is 5.75 Å². The third-order valence-corrected chi connectivity index (χ3v) is 7.93. The average Bonchev–Trinajstić information content (AvgIpc) is 3.07. The van der Waals surface area contributed by atoms with Gasteiger partial charge in [-0.1, -0.05) is 38.0 Å². The van der Waals surface area contributed by atoms with Crippen LogP contribution in [0, 0.1) is 12.0 Å². The fourth-order valence-corrected chi connectivity index (χ4v) is 6.41. The summed E-state index contributed by atoms with van der Waals surface area (Å²) in [4.78, 5) is 29.9. The summed E-state index contributed by atoms with van der Waals surface area (Å²) < 4.78 is 6.07. The number of primary amides is 1. The number of benzene rings is 2. The molecule has 2 aliphatic heterocycles. The number of carbonyl (C=O) groups excluding carboxylic acids is 2. The SMILES string of the molecule is CC(=O)N1c2cc[c]cc2C(C)(c2ccc(OCCN3CCCCCC3)cc2)C(C(N)=O)C1(C)C. The van der Waals surface area contributed by atoms with Crippen LogP contribution < -0.4 is 15.4 Å². The van der Waals surface area contributed by atoms with Gasteiger partial charge in [-0.05, 0) is 81.2 Å². The Balaban J connectivity index is 1.63. The molecule has 0 aromatic heterocycles. The van der Waals surface area contributed by atoms with E-state index in [4.69, 9.17) is 10.5 Å². The average molecular weight is 477 g/mol. The van der Waals surface area contributed by atoms with Crippen molar-refractivity contribution >= 4 is 17.5 Å². The van der Waals surface area contributed by atoms with Crippen LogP contribution in [0.3, 0.4) is 0 Å². The number of amides is 2. The summed E-state index contributed by atoms with van der Waals surface area (Å²) >= 11 is 0. The van der Waals surface area contributed by atoms with Gasteiger partial charge in [-0.25, -0.2) is 0 Å². The van der Waals surface area contributed by atoms with Crippen LogP contribution >= 0.6 is 0 Å². The minimum absolute atomic E-state index is 0.121. The fourth-order valence-electron chi connectivity index (χ4n) is 6.41. The van der Waals surface area contributed by atoms with Crippen LogP contribution in [0.2, 0.25) is 0 Å². The number of hydrogen-bond acceptors (Lipinski definition) is 4. The smallest absolute Gasteiger partial charge is 0.224 e. The van der Waals surface area contributed by atoms with E-state index in [1.165, 1.54) is 32.6 Å². The molecule has 0 spiro atoms. The van der Waals surface area contributed by atoms with Gasteiger partial charge >= 0.3 is 0 Å². The minimum atomic E-state index is -0.816. The number of nitrogens with zero attached hydrogens (tertiary/aromatic N) is 2. The maximum Gasteiger partial charge on any atom is 0.224 e. The summed E-state index contributed by atoms with van der Waals surface area (Å²) in [6.45, 7) is 11.3. The van der Waals surface area contributed by atoms with Gasteiger partial charge in [0.25, 0.3) is 0 Å². The van der Waals surface area contributed by atoms with Gasteiger partial charge in [-0.3, -0.25) is 14.5 Å². The number of fused-ring (bicyclic) bond motifs is 1. The van der Waals surface area contributed by atoms with Gasteiger partial charge in [0.2, 0.25) is 11.8 Å². The van der Waals surface area contributed by atoms with Crippen molar-refractivity contribution in [1.82, 2.24) is 4.90 Å². The highest BCUT2D eigenvalue weighted by atomic mass is 16.5. The quantitative estimate of drug-likeness (QED) is 0.675. The van der Waals surface area contributed by atoms with E-state index >= 15 is 0 Å². The second kappa shape index (κ2) is 10.0. The first-order valence-corrected chi connectivity index (χ1v) is 12.7. The van der Waals surface area contributed by atoms with E-state index in [9.17, 15) is 9.59 Å². The maximum atomic E-state index is 13.0. The van der Waals surface area contributed by atoms with E-state index in [0.29, 0.717) is 6.61 Å². The molecule has 2 aliphatic rings. The standard InChI is InChI=1S/C29H38N3O3/c1-21(33)32-25-12-8-7-11-24(25)29(4,26(27(30)34)28(32,2)3)22-13-15-23(16-14-22)35-20-19-31-17-9-5-6-10-18-31/h8,11-16,26H,5-6,9-10,17-20H2,1-4H3,(H2,30,34). The molecule has 1 fully saturated rings. The minimum Gasteiger partial charge on any atom is -0.492 e. The summed E-state index contributed by atoms with van der Waals surface area (Å²) in [5.41, 5.74) is 7.10. The van der Waals surface area contributed by atoms with Gasteiger partial charge in [-0.15, -0.1) is 0 Å². The zero-order chi connectivity index (χ0) is 25.2. The first-order valence-electron chi connectivity index (χ1n) is 12.7. The molecule has 2 heterocycles. The number of carbonyl (C=O) groups is 2. The van der Waals surface area contributed by atoms with Gasteiger partial charge in [-0.2, -0.15) is 0 Å². The zero-order valence-corrected chi connectivity index (χ0v) is 21.5. The van der Waals surface area contributed by atoms with Crippen molar-refractivity contribution in [2.75, 3.05) is 31.1 Å². The van der Waals surface area contributed by atoms with Crippen molar-refractivity contribution in [2.24, 2.45) is 11.7 Å². The highest BCUT2D eigenvalue weighted by Crippen LogP contribution is 2.54. The first-order chi connectivity index (χ1) is 16.7. The molecular weight excluding hydrogens is 438 g/mol. The second-order valence-corrected chi connectivity index (χ2v) is 10.6. The molecule has 2 N–H and O–H groups in total. The predicted octanol–water partition coefficient (Wildman–Crippen LogP) is 4.29. The van der Waals surface area contributed by atoms with Gasteiger partial charge in [0, 0.05) is 24.6 Å². The predicted molar refractivity (Wildman–Crippen MR) is 139 cm³/mol. The normalized spacial score (nSPS) is 24.3. The van der Waals surface area contributed by atoms with Crippen LogP contribution in [0.4, 0.5) is 5.69 Å². The Morgan fingerprint density at radius 1 is 1.06 bits per heavy atom. The number of rotatable bonds is 6. The van der Waals surface area contributed by atoms with Gasteiger partial charge < -0.3 is 15.4 Å². The highest BCUT2D eigenvalue weighted by Gasteiger charge is 2.57. The summed E-state index contributed by atoms with van der Waals surface area (Å²) in [7, 11) is 0. The van der Waals surface area contributed by atoms with Gasteiger partial charge in [0.05, 0.1) is 11.5 Å². The van der Waals surface area contributed by atoms with Crippen LogP contribution in [0.15, 0.2) is 42.5 Å². The monoisotopic (exact) mass is 476 g/mol. The molecule has 1 radical (unpaired) electrons. The topological polar surface area (TPSA) is 75.9 Å². The third-order valence-electron chi connectivity index (χ3n) is 7.93. The molecular formula is C29H38N3O3. The lowest BCUT2D eigenvalue weighted by Gasteiger charge is -2.55. The number of nitrogens with two attached hydrogens (primary N) is 1. The lowest BCUT2D eigenvalue weighted by Crippen LogP contribution is -2.65.